The van der Waals surface area contributed by atoms with Crippen LogP contribution in [0.25, 0.3) is 11.5 Å². The third-order valence-corrected chi connectivity index (χ3v) is 4.73. The van der Waals surface area contributed by atoms with Gasteiger partial charge in [0.05, 0.1) is 24.0 Å². The fourth-order valence-corrected chi connectivity index (χ4v) is 3.09. The van der Waals surface area contributed by atoms with E-state index in [1.54, 1.807) is 12.1 Å². The molecule has 9 heteroatoms. The van der Waals surface area contributed by atoms with Crippen molar-refractivity contribution in [2.45, 2.75) is 25.8 Å². The zero-order chi connectivity index (χ0) is 18.7. The topological polar surface area (TPSA) is 112 Å². The van der Waals surface area contributed by atoms with Crippen molar-refractivity contribution in [3.63, 3.8) is 0 Å². The van der Waals surface area contributed by atoms with Crippen LogP contribution in [0.1, 0.15) is 31.7 Å². The first-order valence-corrected chi connectivity index (χ1v) is 8.39. The van der Waals surface area contributed by atoms with E-state index in [1.807, 2.05) is 6.92 Å². The minimum absolute atomic E-state index is 0.00957. The third-order valence-electron chi connectivity index (χ3n) is 4.73. The van der Waals surface area contributed by atoms with Gasteiger partial charge in [-0.05, 0) is 45.0 Å². The highest BCUT2D eigenvalue weighted by Crippen LogP contribution is 2.28. The van der Waals surface area contributed by atoms with Gasteiger partial charge in [0, 0.05) is 17.7 Å². The van der Waals surface area contributed by atoms with Crippen molar-refractivity contribution in [1.29, 1.82) is 0 Å². The van der Waals surface area contributed by atoms with Gasteiger partial charge in [-0.25, -0.2) is 0 Å². The molecule has 138 valence electrons. The van der Waals surface area contributed by atoms with Crippen LogP contribution in [0.3, 0.4) is 0 Å². The molecule has 1 aromatic carbocycles. The van der Waals surface area contributed by atoms with Gasteiger partial charge in [0.1, 0.15) is 0 Å². The third kappa shape index (κ3) is 3.72. The zero-order valence-electron chi connectivity index (χ0n) is 14.6. The lowest BCUT2D eigenvalue weighted by molar-refractivity contribution is -0.384. The van der Waals surface area contributed by atoms with E-state index in [0.717, 1.165) is 25.9 Å². The molecule has 0 N–H and O–H groups in total. The van der Waals surface area contributed by atoms with Crippen LogP contribution in [0.2, 0.25) is 0 Å². The standard InChI is InChI=1S/C17H20N4O5/c1-11(20-9-7-13(8-10-20)17(22)25-2)15-18-19-16(26-15)12-3-5-14(6-4-12)21(23)24/h3-6,11,13H,7-10H2,1-2H3/t11-/m0/s1. The number of hydrogen-bond acceptors (Lipinski definition) is 8. The summed E-state index contributed by atoms with van der Waals surface area (Å²) in [5.74, 6) is 0.596. The highest BCUT2D eigenvalue weighted by Gasteiger charge is 2.30. The number of aromatic nitrogens is 2. The van der Waals surface area contributed by atoms with Crippen molar-refractivity contribution in [3.8, 4) is 11.5 Å². The summed E-state index contributed by atoms with van der Waals surface area (Å²) in [6, 6.07) is 5.90. The predicted molar refractivity (Wildman–Crippen MR) is 91.1 cm³/mol. The highest BCUT2D eigenvalue weighted by molar-refractivity contribution is 5.72. The molecule has 0 unspecified atom stereocenters. The summed E-state index contributed by atoms with van der Waals surface area (Å²) in [6.45, 7) is 3.47. The first-order chi connectivity index (χ1) is 12.5. The molecule has 1 aliphatic rings. The molecule has 1 aromatic heterocycles. The molecule has 1 fully saturated rings. The van der Waals surface area contributed by atoms with Crippen LogP contribution in [0, 0.1) is 16.0 Å². The fourth-order valence-electron chi connectivity index (χ4n) is 3.09. The van der Waals surface area contributed by atoms with Crippen LogP contribution in [-0.4, -0.2) is 46.2 Å². The van der Waals surface area contributed by atoms with Gasteiger partial charge < -0.3 is 9.15 Å². The number of nitrogens with zero attached hydrogens (tertiary/aromatic N) is 4. The van der Waals surface area contributed by atoms with Crippen LogP contribution in [-0.2, 0) is 9.53 Å². The van der Waals surface area contributed by atoms with Crippen molar-refractivity contribution in [2.75, 3.05) is 20.2 Å². The highest BCUT2D eigenvalue weighted by atomic mass is 16.6. The van der Waals surface area contributed by atoms with E-state index in [4.69, 9.17) is 9.15 Å². The van der Waals surface area contributed by atoms with Gasteiger partial charge in [0.2, 0.25) is 11.8 Å². The maximum atomic E-state index is 11.6. The van der Waals surface area contributed by atoms with Crippen molar-refractivity contribution < 1.29 is 18.9 Å². The Kier molecular flexibility index (Phi) is 5.27. The van der Waals surface area contributed by atoms with Crippen LogP contribution in [0.15, 0.2) is 28.7 Å². The molecular weight excluding hydrogens is 340 g/mol. The fraction of sp³-hybridized carbons (Fsp3) is 0.471. The molecule has 0 bridgehead atoms. The molecule has 0 radical (unpaired) electrons. The molecule has 0 spiro atoms. The lowest BCUT2D eigenvalue weighted by Crippen LogP contribution is -2.38. The van der Waals surface area contributed by atoms with Crippen LogP contribution < -0.4 is 0 Å². The summed E-state index contributed by atoms with van der Waals surface area (Å²) in [4.78, 5) is 24.1. The minimum atomic E-state index is -0.455. The quantitative estimate of drug-likeness (QED) is 0.454. The Morgan fingerprint density at radius 2 is 1.96 bits per heavy atom. The lowest BCUT2D eigenvalue weighted by atomic mass is 9.96. The maximum Gasteiger partial charge on any atom is 0.308 e. The predicted octanol–water partition coefficient (Wildman–Crippen LogP) is 2.59. The Balaban J connectivity index is 1.66. The molecule has 3 rings (SSSR count). The smallest absolute Gasteiger partial charge is 0.308 e. The Hall–Kier alpha value is -2.81. The van der Waals surface area contributed by atoms with E-state index in [1.165, 1.54) is 19.2 Å². The van der Waals surface area contributed by atoms with Crippen LogP contribution in [0.5, 0.6) is 0 Å². The number of nitro groups is 1. The number of ether oxygens (including phenoxy) is 1. The second-order valence-corrected chi connectivity index (χ2v) is 6.26. The van der Waals surface area contributed by atoms with Gasteiger partial charge in [-0.2, -0.15) is 0 Å². The number of likely N-dealkylation sites (tertiary alicyclic amines) is 1. The molecule has 0 amide bonds. The van der Waals surface area contributed by atoms with Gasteiger partial charge in [-0.1, -0.05) is 0 Å². The van der Waals surface area contributed by atoms with Gasteiger partial charge in [0.15, 0.2) is 0 Å². The van der Waals surface area contributed by atoms with E-state index in [0.29, 0.717) is 17.3 Å². The average Bonchev–Trinajstić information content (AvgIpc) is 3.17. The first kappa shape index (κ1) is 18.0. The Bertz CT molecular complexity index is 781. The minimum Gasteiger partial charge on any atom is -0.469 e. The largest absolute Gasteiger partial charge is 0.469 e. The number of piperidine rings is 1. The molecule has 0 aliphatic carbocycles. The average molecular weight is 360 g/mol. The molecule has 1 saturated heterocycles. The normalized spacial score (nSPS) is 17.0. The number of hydrogen-bond donors (Lipinski definition) is 0. The van der Waals surface area contributed by atoms with Crippen LogP contribution >= 0.6 is 0 Å². The van der Waals surface area contributed by atoms with Gasteiger partial charge in [0.25, 0.3) is 5.69 Å². The second kappa shape index (κ2) is 7.61. The van der Waals surface area contributed by atoms with E-state index < -0.39 is 4.92 Å². The van der Waals surface area contributed by atoms with Gasteiger partial charge in [-0.15, -0.1) is 10.2 Å². The molecule has 9 nitrogen and oxygen atoms in total. The van der Waals surface area contributed by atoms with Crippen molar-refractivity contribution >= 4 is 11.7 Å². The second-order valence-electron chi connectivity index (χ2n) is 6.26. The Morgan fingerprint density at radius 1 is 1.31 bits per heavy atom. The van der Waals surface area contributed by atoms with Crippen LogP contribution in [0.4, 0.5) is 5.69 Å². The summed E-state index contributed by atoms with van der Waals surface area (Å²) in [7, 11) is 1.41. The number of esters is 1. The number of methoxy groups -OCH3 is 1. The van der Waals surface area contributed by atoms with E-state index in [9.17, 15) is 14.9 Å². The molecule has 1 aliphatic heterocycles. The number of benzene rings is 1. The lowest BCUT2D eigenvalue weighted by Gasteiger charge is -2.33. The summed E-state index contributed by atoms with van der Waals surface area (Å²) >= 11 is 0. The number of rotatable bonds is 5. The summed E-state index contributed by atoms with van der Waals surface area (Å²) in [6.07, 6.45) is 1.47. The summed E-state index contributed by atoms with van der Waals surface area (Å²) < 4.78 is 10.6. The molecule has 1 atom stereocenters. The number of nitro benzene ring substituents is 1. The number of carbonyl (C=O) groups excluding carboxylic acids is 1. The van der Waals surface area contributed by atoms with Gasteiger partial charge in [-0.3, -0.25) is 19.8 Å². The van der Waals surface area contributed by atoms with Crippen molar-refractivity contribution in [3.05, 3.63) is 40.3 Å². The van der Waals surface area contributed by atoms with E-state index in [2.05, 4.69) is 15.1 Å². The Labute approximate surface area is 150 Å². The number of non-ortho nitro benzene ring substituents is 1. The first-order valence-electron chi connectivity index (χ1n) is 8.39. The van der Waals surface area contributed by atoms with Gasteiger partial charge >= 0.3 is 5.97 Å². The number of carbonyl (C=O) groups is 1. The monoisotopic (exact) mass is 360 g/mol. The molecule has 0 saturated carbocycles. The zero-order valence-corrected chi connectivity index (χ0v) is 14.6. The maximum absolute atomic E-state index is 11.6. The van der Waals surface area contributed by atoms with Crippen molar-refractivity contribution in [2.24, 2.45) is 5.92 Å². The van der Waals surface area contributed by atoms with Crippen molar-refractivity contribution in [1.82, 2.24) is 15.1 Å². The van der Waals surface area contributed by atoms with E-state index >= 15 is 0 Å². The van der Waals surface area contributed by atoms with E-state index in [-0.39, 0.29) is 23.6 Å². The summed E-state index contributed by atoms with van der Waals surface area (Å²) in [5.41, 5.74) is 0.640. The molecule has 26 heavy (non-hydrogen) atoms. The molecular formula is C17H20N4O5. The molecule has 2 heterocycles. The summed E-state index contributed by atoms with van der Waals surface area (Å²) in [5, 5.41) is 18.9. The molecule has 2 aromatic rings. The SMILES string of the molecule is COC(=O)C1CCN([C@@H](C)c2nnc(-c3ccc([N+](=O)[O-])cc3)o2)CC1. The Morgan fingerprint density at radius 3 is 2.54 bits per heavy atom.